The lowest BCUT2D eigenvalue weighted by molar-refractivity contribution is 0.0747. The van der Waals surface area contributed by atoms with Crippen molar-refractivity contribution < 1.29 is 4.79 Å². The van der Waals surface area contributed by atoms with Crippen LogP contribution < -0.4 is 10.6 Å². The van der Waals surface area contributed by atoms with E-state index in [0.717, 1.165) is 35.6 Å². The molecule has 1 saturated heterocycles. The lowest BCUT2D eigenvalue weighted by Crippen LogP contribution is -2.48. The van der Waals surface area contributed by atoms with E-state index in [4.69, 9.17) is 4.98 Å². The Morgan fingerprint density at radius 1 is 1.09 bits per heavy atom. The Bertz CT molecular complexity index is 1420. The summed E-state index contributed by atoms with van der Waals surface area (Å²) >= 11 is 1.30. The molecule has 0 aliphatic carbocycles. The largest absolute Gasteiger partial charge is 0.368 e. The van der Waals surface area contributed by atoms with Gasteiger partial charge in [-0.2, -0.15) is 0 Å². The molecule has 9 heteroatoms. The fourth-order valence-corrected chi connectivity index (χ4v) is 5.09. The van der Waals surface area contributed by atoms with E-state index < -0.39 is 0 Å². The molecule has 1 fully saturated rings. The predicted octanol–water partition coefficient (Wildman–Crippen LogP) is 3.87. The molecule has 35 heavy (non-hydrogen) atoms. The second kappa shape index (κ2) is 8.96. The number of aromatic nitrogens is 4. The number of fused-ring (bicyclic) bond motifs is 1. The minimum absolute atomic E-state index is 0.0135. The van der Waals surface area contributed by atoms with E-state index in [1.165, 1.54) is 11.5 Å². The summed E-state index contributed by atoms with van der Waals surface area (Å²) in [5.74, 6) is 0.0497. The van der Waals surface area contributed by atoms with E-state index >= 15 is 0 Å². The monoisotopic (exact) mass is 490 g/mol. The fourth-order valence-electron chi connectivity index (χ4n) is 4.58. The predicted molar refractivity (Wildman–Crippen MR) is 140 cm³/mol. The zero-order valence-corrected chi connectivity index (χ0v) is 21.4. The number of imidazole rings is 1. The van der Waals surface area contributed by atoms with Crippen LogP contribution in [0, 0.1) is 5.41 Å². The van der Waals surface area contributed by atoms with Crippen molar-refractivity contribution in [2.75, 3.05) is 31.1 Å². The zero-order valence-electron chi connectivity index (χ0n) is 20.6. The van der Waals surface area contributed by atoms with Gasteiger partial charge in [0.15, 0.2) is 5.65 Å². The van der Waals surface area contributed by atoms with Crippen LogP contribution in [0.25, 0.3) is 22.4 Å². The molecule has 0 atom stereocenters. The number of piperazine rings is 1. The number of pyridine rings is 1. The maximum Gasteiger partial charge on any atom is 0.330 e. The van der Waals surface area contributed by atoms with Crippen molar-refractivity contribution in [1.29, 1.82) is 0 Å². The lowest BCUT2D eigenvalue weighted by Gasteiger charge is -2.36. The molecule has 182 valence electrons. The van der Waals surface area contributed by atoms with Crippen LogP contribution in [0.5, 0.6) is 0 Å². The van der Waals surface area contributed by atoms with Gasteiger partial charge in [-0.1, -0.05) is 32.9 Å². The van der Waals surface area contributed by atoms with Crippen molar-refractivity contribution in [3.05, 3.63) is 64.0 Å². The van der Waals surface area contributed by atoms with E-state index in [2.05, 4.69) is 42.2 Å². The first-order chi connectivity index (χ1) is 16.7. The Kier molecular flexibility index (Phi) is 5.96. The third-order valence-electron chi connectivity index (χ3n) is 6.37. The molecule has 0 N–H and O–H groups in total. The third-order valence-corrected chi connectivity index (χ3v) is 6.95. The summed E-state index contributed by atoms with van der Waals surface area (Å²) in [6.45, 7) is 9.89. The number of amides is 1. The summed E-state index contributed by atoms with van der Waals surface area (Å²) in [6.07, 6.45) is 1.64. The topological polar surface area (TPSA) is 76.3 Å². The summed E-state index contributed by atoms with van der Waals surface area (Å²) in [4.78, 5) is 34.6. The molecule has 5 rings (SSSR count). The van der Waals surface area contributed by atoms with Crippen LogP contribution in [-0.2, 0) is 13.6 Å². The Hall–Kier alpha value is -3.46. The first kappa shape index (κ1) is 23.3. The average Bonchev–Trinajstić information content (AvgIpc) is 3.47. The Labute approximate surface area is 208 Å². The van der Waals surface area contributed by atoms with E-state index in [1.807, 2.05) is 33.7 Å². The molecule has 0 unspecified atom stereocenters. The van der Waals surface area contributed by atoms with Crippen molar-refractivity contribution >= 4 is 34.3 Å². The van der Waals surface area contributed by atoms with Crippen molar-refractivity contribution in [3.63, 3.8) is 0 Å². The summed E-state index contributed by atoms with van der Waals surface area (Å²) < 4.78 is 7.49. The number of rotatable bonds is 4. The van der Waals surface area contributed by atoms with Gasteiger partial charge >= 0.3 is 5.69 Å². The first-order valence-corrected chi connectivity index (χ1v) is 12.7. The van der Waals surface area contributed by atoms with Gasteiger partial charge in [0.05, 0.1) is 23.0 Å². The molecular weight excluding hydrogens is 460 g/mol. The van der Waals surface area contributed by atoms with Gasteiger partial charge < -0.3 is 9.80 Å². The summed E-state index contributed by atoms with van der Waals surface area (Å²) in [5, 5.41) is 1.80. The molecule has 0 spiro atoms. The second-order valence-corrected chi connectivity index (χ2v) is 10.9. The highest BCUT2D eigenvalue weighted by Crippen LogP contribution is 2.27. The average molecular weight is 491 g/mol. The van der Waals surface area contributed by atoms with Gasteiger partial charge in [0.1, 0.15) is 0 Å². The first-order valence-electron chi connectivity index (χ1n) is 11.8. The molecule has 8 nitrogen and oxygen atoms in total. The molecule has 4 heterocycles. The minimum Gasteiger partial charge on any atom is -0.368 e. The van der Waals surface area contributed by atoms with Crippen LogP contribution in [0.1, 0.15) is 31.1 Å². The number of carbonyl (C=O) groups excluding carboxylic acids is 1. The number of benzene rings is 1. The molecule has 1 aromatic carbocycles. The highest BCUT2D eigenvalue weighted by Gasteiger charge is 2.23. The molecule has 1 aliphatic rings. The highest BCUT2D eigenvalue weighted by atomic mass is 32.1. The molecule has 4 aromatic rings. The number of nitrogens with zero attached hydrogens (tertiary/aromatic N) is 6. The maximum atomic E-state index is 12.9. The van der Waals surface area contributed by atoms with Gasteiger partial charge in [0.2, 0.25) is 0 Å². The van der Waals surface area contributed by atoms with E-state index in [-0.39, 0.29) is 17.0 Å². The van der Waals surface area contributed by atoms with Gasteiger partial charge in [-0.05, 0) is 41.2 Å². The Morgan fingerprint density at radius 3 is 2.54 bits per heavy atom. The smallest absolute Gasteiger partial charge is 0.330 e. The van der Waals surface area contributed by atoms with Crippen molar-refractivity contribution in [2.45, 2.75) is 27.3 Å². The lowest BCUT2D eigenvalue weighted by atomic mass is 9.97. The zero-order chi connectivity index (χ0) is 24.7. The number of hydrogen-bond donors (Lipinski definition) is 0. The molecule has 3 aromatic heterocycles. The SMILES string of the molecule is Cn1c(=O)n(CC(C)(C)C)c2ccc(-c3cccc(N4CCN(C(=O)c5cnsc5)CC4)c3)nc21. The van der Waals surface area contributed by atoms with E-state index in [9.17, 15) is 9.59 Å². The highest BCUT2D eigenvalue weighted by molar-refractivity contribution is 7.03. The van der Waals surface area contributed by atoms with E-state index in [0.29, 0.717) is 30.8 Å². The number of aryl methyl sites for hydroxylation is 1. The Morgan fingerprint density at radius 2 is 1.86 bits per heavy atom. The summed E-state index contributed by atoms with van der Waals surface area (Å²) in [6, 6.07) is 12.3. The summed E-state index contributed by atoms with van der Waals surface area (Å²) in [5.41, 5.74) is 5.10. The van der Waals surface area contributed by atoms with Crippen LogP contribution in [0.3, 0.4) is 0 Å². The maximum absolute atomic E-state index is 12.9. The van der Waals surface area contributed by atoms with Crippen LogP contribution in [0.15, 0.2) is 52.8 Å². The van der Waals surface area contributed by atoms with Crippen molar-refractivity contribution in [3.8, 4) is 11.3 Å². The van der Waals surface area contributed by atoms with Gasteiger partial charge in [0, 0.05) is 56.4 Å². The molecule has 0 saturated carbocycles. The third kappa shape index (κ3) is 4.60. The minimum atomic E-state index is -0.0426. The van der Waals surface area contributed by atoms with Crippen LogP contribution >= 0.6 is 11.5 Å². The summed E-state index contributed by atoms with van der Waals surface area (Å²) in [7, 11) is 1.78. The van der Waals surface area contributed by atoms with Gasteiger partial charge in [-0.3, -0.25) is 13.9 Å². The molecule has 0 radical (unpaired) electrons. The fraction of sp³-hybridized carbons (Fsp3) is 0.385. The molecule has 0 bridgehead atoms. The van der Waals surface area contributed by atoms with E-state index in [1.54, 1.807) is 23.2 Å². The van der Waals surface area contributed by atoms with Crippen molar-refractivity contribution in [2.24, 2.45) is 12.5 Å². The van der Waals surface area contributed by atoms with Crippen LogP contribution in [-0.4, -0.2) is 55.5 Å². The standard InChI is InChI=1S/C26H30N6O2S/c1-26(2,3)17-32-22-9-8-21(28-23(22)29(4)25(32)34)18-6-5-7-20(14-18)30-10-12-31(13-11-30)24(33)19-15-27-35-16-19/h5-9,14-16H,10-13,17H2,1-4H3. The Balaban J connectivity index is 1.37. The number of carbonyl (C=O) groups is 1. The molecule has 1 amide bonds. The quantitative estimate of drug-likeness (QED) is 0.434. The molecular formula is C26H30N6O2S. The normalized spacial score (nSPS) is 14.6. The van der Waals surface area contributed by atoms with Gasteiger partial charge in [-0.15, -0.1) is 0 Å². The van der Waals surface area contributed by atoms with Crippen LogP contribution in [0.2, 0.25) is 0 Å². The second-order valence-electron chi connectivity index (χ2n) is 10.3. The molecule has 1 aliphatic heterocycles. The van der Waals surface area contributed by atoms with Gasteiger partial charge in [0.25, 0.3) is 5.91 Å². The van der Waals surface area contributed by atoms with Crippen LogP contribution in [0.4, 0.5) is 5.69 Å². The van der Waals surface area contributed by atoms with Crippen molar-refractivity contribution in [1.82, 2.24) is 23.4 Å². The van der Waals surface area contributed by atoms with Gasteiger partial charge in [-0.25, -0.2) is 14.2 Å². The number of hydrogen-bond acceptors (Lipinski definition) is 6. The number of anilines is 1.